The first-order chi connectivity index (χ1) is 11.3. The largest absolute Gasteiger partial charge is 0.464 e. The van der Waals surface area contributed by atoms with E-state index in [9.17, 15) is 19.2 Å². The highest BCUT2D eigenvalue weighted by Crippen LogP contribution is 2.39. The van der Waals surface area contributed by atoms with E-state index in [1.807, 2.05) is 0 Å². The summed E-state index contributed by atoms with van der Waals surface area (Å²) in [5.74, 6) is -0.420. The van der Waals surface area contributed by atoms with Crippen LogP contribution in [0.15, 0.2) is 14.4 Å². The molecule has 2 aliphatic rings. The van der Waals surface area contributed by atoms with Gasteiger partial charge in [-0.2, -0.15) is 0 Å². The van der Waals surface area contributed by atoms with Crippen LogP contribution in [0.3, 0.4) is 0 Å². The highest BCUT2D eigenvalue weighted by molar-refractivity contribution is 5.73. The van der Waals surface area contributed by atoms with Crippen LogP contribution in [-0.2, 0) is 28.4 Å². The van der Waals surface area contributed by atoms with E-state index in [4.69, 9.17) is 9.47 Å². The molecule has 1 aromatic heterocycles. The van der Waals surface area contributed by atoms with E-state index in [1.165, 1.54) is 21.0 Å². The Labute approximate surface area is 137 Å². The molecule has 1 aliphatic heterocycles. The highest BCUT2D eigenvalue weighted by atomic mass is 16.6. The Morgan fingerprint density at radius 3 is 2.33 bits per heavy atom. The predicted octanol–water partition coefficient (Wildman–Crippen LogP) is -1.08. The van der Waals surface area contributed by atoms with Crippen LogP contribution in [0.4, 0.5) is 0 Å². The lowest BCUT2D eigenvalue weighted by atomic mass is 9.90. The summed E-state index contributed by atoms with van der Waals surface area (Å²) in [5.41, 5.74) is -2.40. The molecule has 2 fully saturated rings. The minimum Gasteiger partial charge on any atom is -0.464 e. The number of carbonyl (C=O) groups is 1. The predicted molar refractivity (Wildman–Crippen MR) is 82.9 cm³/mol. The Hall–Kier alpha value is -2.16. The fourth-order valence-electron chi connectivity index (χ4n) is 3.19. The van der Waals surface area contributed by atoms with E-state index in [1.54, 1.807) is 0 Å². The van der Waals surface area contributed by atoms with Crippen molar-refractivity contribution in [3.05, 3.63) is 31.5 Å². The molecule has 1 aromatic rings. The van der Waals surface area contributed by atoms with E-state index in [0.717, 1.165) is 33.0 Å². The summed E-state index contributed by atoms with van der Waals surface area (Å²) < 4.78 is 13.1. The van der Waals surface area contributed by atoms with Gasteiger partial charge in [0.1, 0.15) is 6.04 Å². The lowest BCUT2D eigenvalue weighted by Crippen LogP contribution is -2.54. The fourth-order valence-corrected chi connectivity index (χ4v) is 3.19. The standard InChI is InChI=1S/C15H21N3O6/c1-8(18-14(21)16(2)13(20)17(3)15(18)22)12(19)23-7-9-4-5-10-11(6-9)24-10/h8-11H,4-7H2,1-3H3. The number of aromatic nitrogens is 3. The third kappa shape index (κ3) is 2.83. The van der Waals surface area contributed by atoms with Crippen molar-refractivity contribution < 1.29 is 14.3 Å². The Morgan fingerprint density at radius 1 is 1.12 bits per heavy atom. The first kappa shape index (κ1) is 16.7. The molecule has 9 heteroatoms. The zero-order valence-corrected chi connectivity index (χ0v) is 13.9. The molecule has 1 saturated carbocycles. The molecular formula is C15H21N3O6. The second kappa shape index (κ2) is 6.04. The van der Waals surface area contributed by atoms with Gasteiger partial charge in [-0.15, -0.1) is 0 Å². The van der Waals surface area contributed by atoms with Crippen LogP contribution in [0, 0.1) is 5.92 Å². The summed E-state index contributed by atoms with van der Waals surface area (Å²) in [6.07, 6.45) is 3.45. The molecule has 3 rings (SSSR count). The Morgan fingerprint density at radius 2 is 1.75 bits per heavy atom. The van der Waals surface area contributed by atoms with Crippen molar-refractivity contribution in [2.45, 2.75) is 44.4 Å². The van der Waals surface area contributed by atoms with Crippen LogP contribution < -0.4 is 17.1 Å². The van der Waals surface area contributed by atoms with Gasteiger partial charge in [-0.3, -0.25) is 0 Å². The van der Waals surface area contributed by atoms with E-state index >= 15 is 0 Å². The Balaban J connectivity index is 1.73. The second-order valence-electron chi connectivity index (χ2n) is 6.53. The number of ether oxygens (including phenoxy) is 2. The number of epoxide rings is 1. The maximum Gasteiger partial charge on any atom is 0.336 e. The van der Waals surface area contributed by atoms with Crippen LogP contribution in [-0.4, -0.2) is 38.5 Å². The Kier molecular flexibility index (Phi) is 4.20. The number of nitrogens with zero attached hydrogens (tertiary/aromatic N) is 3. The van der Waals surface area contributed by atoms with Gasteiger partial charge < -0.3 is 9.47 Å². The highest BCUT2D eigenvalue weighted by Gasteiger charge is 2.44. The summed E-state index contributed by atoms with van der Waals surface area (Å²) in [6.45, 7) is 1.66. The first-order valence-corrected chi connectivity index (χ1v) is 8.02. The third-order valence-electron chi connectivity index (χ3n) is 4.86. The molecule has 2 heterocycles. The minimum atomic E-state index is -1.10. The lowest BCUT2D eigenvalue weighted by molar-refractivity contribution is -0.149. The normalized spacial score (nSPS) is 26.5. The molecule has 0 radical (unpaired) electrons. The molecule has 0 spiro atoms. The quantitative estimate of drug-likeness (QED) is 0.510. The van der Waals surface area contributed by atoms with Crippen LogP contribution >= 0.6 is 0 Å². The number of fused-ring (bicyclic) bond motifs is 1. The summed E-state index contributed by atoms with van der Waals surface area (Å²) in [7, 11) is 2.51. The van der Waals surface area contributed by atoms with Crippen LogP contribution in [0.2, 0.25) is 0 Å². The van der Waals surface area contributed by atoms with E-state index in [-0.39, 0.29) is 12.5 Å². The second-order valence-corrected chi connectivity index (χ2v) is 6.53. The molecule has 1 aliphatic carbocycles. The molecule has 24 heavy (non-hydrogen) atoms. The Bertz CT molecular complexity index is 795. The zero-order valence-electron chi connectivity index (χ0n) is 13.9. The average Bonchev–Trinajstić information content (AvgIpc) is 3.34. The number of carbonyl (C=O) groups excluding carboxylic acids is 1. The monoisotopic (exact) mass is 339 g/mol. The molecule has 4 atom stereocenters. The lowest BCUT2D eigenvalue weighted by Gasteiger charge is -2.20. The van der Waals surface area contributed by atoms with Gasteiger partial charge in [0.2, 0.25) is 0 Å². The van der Waals surface area contributed by atoms with Gasteiger partial charge in [0.15, 0.2) is 0 Å². The molecule has 0 N–H and O–H groups in total. The maximum absolute atomic E-state index is 12.2. The van der Waals surface area contributed by atoms with Crippen molar-refractivity contribution in [3.8, 4) is 0 Å². The van der Waals surface area contributed by atoms with Crippen LogP contribution in [0.25, 0.3) is 0 Å². The fraction of sp³-hybridized carbons (Fsp3) is 0.733. The summed E-state index contributed by atoms with van der Waals surface area (Å²) in [5, 5.41) is 0. The maximum atomic E-state index is 12.2. The third-order valence-corrected chi connectivity index (χ3v) is 4.86. The molecule has 0 bridgehead atoms. The van der Waals surface area contributed by atoms with Crippen LogP contribution in [0.1, 0.15) is 32.2 Å². The molecule has 1 saturated heterocycles. The molecule has 0 amide bonds. The van der Waals surface area contributed by atoms with E-state index in [0.29, 0.717) is 12.2 Å². The summed E-state index contributed by atoms with van der Waals surface area (Å²) >= 11 is 0. The number of rotatable bonds is 4. The number of hydrogen-bond donors (Lipinski definition) is 0. The van der Waals surface area contributed by atoms with Crippen molar-refractivity contribution in [2.24, 2.45) is 20.0 Å². The number of hydrogen-bond acceptors (Lipinski definition) is 6. The van der Waals surface area contributed by atoms with Gasteiger partial charge in [0.05, 0.1) is 18.8 Å². The van der Waals surface area contributed by atoms with Crippen molar-refractivity contribution in [1.82, 2.24) is 13.7 Å². The summed E-state index contributed by atoms with van der Waals surface area (Å²) in [4.78, 5) is 48.3. The molecule has 9 nitrogen and oxygen atoms in total. The topological polar surface area (TPSA) is 105 Å². The SMILES string of the molecule is CC(C(=O)OCC1CCC2OC2C1)n1c(=O)n(C)c(=O)n(C)c1=O. The van der Waals surface area contributed by atoms with E-state index in [2.05, 4.69) is 0 Å². The van der Waals surface area contributed by atoms with Gasteiger partial charge >= 0.3 is 23.0 Å². The molecule has 0 aromatic carbocycles. The first-order valence-electron chi connectivity index (χ1n) is 8.02. The molecular weight excluding hydrogens is 318 g/mol. The van der Waals surface area contributed by atoms with Crippen molar-refractivity contribution in [2.75, 3.05) is 6.61 Å². The van der Waals surface area contributed by atoms with Gasteiger partial charge in [0, 0.05) is 14.1 Å². The molecule has 4 unspecified atom stereocenters. The van der Waals surface area contributed by atoms with Gasteiger partial charge in [-0.1, -0.05) is 0 Å². The zero-order chi connectivity index (χ0) is 17.6. The smallest absolute Gasteiger partial charge is 0.336 e. The van der Waals surface area contributed by atoms with Gasteiger partial charge in [0.25, 0.3) is 0 Å². The average molecular weight is 339 g/mol. The van der Waals surface area contributed by atoms with Crippen LogP contribution in [0.5, 0.6) is 0 Å². The molecule has 132 valence electrons. The van der Waals surface area contributed by atoms with Crippen molar-refractivity contribution >= 4 is 5.97 Å². The van der Waals surface area contributed by atoms with E-state index < -0.39 is 29.1 Å². The minimum absolute atomic E-state index is 0.240. The van der Waals surface area contributed by atoms with Crippen molar-refractivity contribution in [3.63, 3.8) is 0 Å². The van der Waals surface area contributed by atoms with Gasteiger partial charge in [-0.25, -0.2) is 32.9 Å². The summed E-state index contributed by atoms with van der Waals surface area (Å²) in [6, 6.07) is -1.10. The number of esters is 1. The van der Waals surface area contributed by atoms with Gasteiger partial charge in [-0.05, 0) is 32.1 Å². The van der Waals surface area contributed by atoms with Crippen molar-refractivity contribution in [1.29, 1.82) is 0 Å².